The van der Waals surface area contributed by atoms with Crippen molar-refractivity contribution in [1.29, 1.82) is 0 Å². The third-order valence-corrected chi connectivity index (χ3v) is 5.00. The molecule has 0 fully saturated rings. The number of carbonyl (C=O) groups is 1. The Morgan fingerprint density at radius 2 is 1.08 bits per heavy atom. The van der Waals surface area contributed by atoms with Crippen LogP contribution in [0.15, 0.2) is 18.2 Å². The minimum Gasteiger partial charge on any atom is -0.493 e. The summed E-state index contributed by atoms with van der Waals surface area (Å²) in [5.74, 6) is -57.1. The van der Waals surface area contributed by atoms with E-state index in [1.165, 1.54) is 0 Å². The van der Waals surface area contributed by atoms with Gasteiger partial charge in [-0.05, 0) is 24.6 Å². The summed E-state index contributed by atoms with van der Waals surface area (Å²) in [6, 6.07) is 3.06. The van der Waals surface area contributed by atoms with Crippen molar-refractivity contribution in [2.45, 2.75) is 60.5 Å². The fraction of sp³-hybridized carbons (Fsp3) is 0.632. The van der Waals surface area contributed by atoms with Gasteiger partial charge in [0, 0.05) is 12.0 Å². The molecule has 0 saturated carbocycles. The summed E-state index contributed by atoms with van der Waals surface area (Å²) < 4.78 is 235. The molecule has 1 aromatic carbocycles. The van der Waals surface area contributed by atoms with Gasteiger partial charge in [0.25, 0.3) is 0 Å². The van der Waals surface area contributed by atoms with Crippen molar-refractivity contribution in [3.63, 3.8) is 0 Å². The molecule has 0 atom stereocenters. The molecule has 0 unspecified atom stereocenters. The molecule has 0 N–H and O–H groups in total. The van der Waals surface area contributed by atoms with Crippen molar-refractivity contribution in [2.75, 3.05) is 13.7 Å². The van der Waals surface area contributed by atoms with Gasteiger partial charge in [0.2, 0.25) is 0 Å². The van der Waals surface area contributed by atoms with Crippen LogP contribution in [0.3, 0.4) is 0 Å². The topological polar surface area (TPSA) is 35.5 Å². The van der Waals surface area contributed by atoms with Gasteiger partial charge in [0.05, 0.1) is 13.7 Å². The van der Waals surface area contributed by atoms with E-state index in [0.717, 1.165) is 25.3 Å². The van der Waals surface area contributed by atoms with E-state index < -0.39 is 67.1 Å². The van der Waals surface area contributed by atoms with Crippen LogP contribution in [0.5, 0.6) is 11.5 Å². The van der Waals surface area contributed by atoms with Crippen LogP contribution < -0.4 is 9.47 Å². The van der Waals surface area contributed by atoms with Gasteiger partial charge < -0.3 is 9.47 Å². The molecule has 0 saturated heterocycles. The van der Waals surface area contributed by atoms with Gasteiger partial charge in [-0.25, -0.2) is 0 Å². The summed E-state index contributed by atoms with van der Waals surface area (Å²) in [6.07, 6.45) is -11.6. The molecule has 39 heavy (non-hydrogen) atoms. The number of benzene rings is 1. The molecule has 0 aliphatic rings. The van der Waals surface area contributed by atoms with Gasteiger partial charge in [-0.15, -0.1) is 0 Å². The lowest BCUT2D eigenvalue weighted by atomic mass is 9.88. The predicted octanol–water partition coefficient (Wildman–Crippen LogP) is 7.68. The smallest absolute Gasteiger partial charge is 0.460 e. The molecular formula is C19H13F17O3. The first-order valence-corrected chi connectivity index (χ1v) is 9.68. The van der Waals surface area contributed by atoms with Crippen LogP contribution in [-0.4, -0.2) is 67.6 Å². The molecule has 0 amide bonds. The molecule has 226 valence electrons. The SMILES string of the molecule is COc1cc(C=O)ccc1OCCCC(F)(F)C(F)(F)C(F)(F)C(F)(F)C(F)(F)C(F)(F)C(F)(F)C(F)(F)F. The van der Waals surface area contributed by atoms with Crippen LogP contribution in [0.1, 0.15) is 23.2 Å². The van der Waals surface area contributed by atoms with Gasteiger partial charge >= 0.3 is 47.6 Å². The fourth-order valence-corrected chi connectivity index (χ4v) is 2.71. The number of ether oxygens (including phenoxy) is 2. The highest BCUT2D eigenvalue weighted by Gasteiger charge is 2.95. The lowest BCUT2D eigenvalue weighted by Gasteiger charge is -2.42. The van der Waals surface area contributed by atoms with Gasteiger partial charge in [0.1, 0.15) is 6.29 Å². The zero-order valence-corrected chi connectivity index (χ0v) is 18.6. The summed E-state index contributed by atoms with van der Waals surface area (Å²) >= 11 is 0. The van der Waals surface area contributed by atoms with Crippen LogP contribution >= 0.6 is 0 Å². The van der Waals surface area contributed by atoms with Crippen molar-refractivity contribution in [2.24, 2.45) is 0 Å². The van der Waals surface area contributed by atoms with Crippen molar-refractivity contribution in [3.05, 3.63) is 23.8 Å². The molecule has 0 aliphatic carbocycles. The van der Waals surface area contributed by atoms with Gasteiger partial charge in [0.15, 0.2) is 11.5 Å². The molecular weight excluding hydrogens is 599 g/mol. The van der Waals surface area contributed by atoms with E-state index in [1.807, 2.05) is 0 Å². The molecule has 20 heteroatoms. The van der Waals surface area contributed by atoms with Crippen molar-refractivity contribution in [3.8, 4) is 11.5 Å². The Balaban J connectivity index is 3.24. The van der Waals surface area contributed by atoms with Crippen LogP contribution in [0, 0.1) is 0 Å². The highest BCUT2D eigenvalue weighted by molar-refractivity contribution is 5.76. The Kier molecular flexibility index (Phi) is 9.12. The highest BCUT2D eigenvalue weighted by Crippen LogP contribution is 2.64. The maximum atomic E-state index is 13.9. The zero-order chi connectivity index (χ0) is 31.1. The first-order valence-electron chi connectivity index (χ1n) is 9.68. The van der Waals surface area contributed by atoms with E-state index in [2.05, 4.69) is 0 Å². The van der Waals surface area contributed by atoms with Crippen LogP contribution in [-0.2, 0) is 0 Å². The Morgan fingerprint density at radius 3 is 1.49 bits per heavy atom. The number of rotatable bonds is 13. The summed E-state index contributed by atoms with van der Waals surface area (Å²) in [5, 5.41) is 0. The second-order valence-electron chi connectivity index (χ2n) is 7.63. The first-order chi connectivity index (χ1) is 17.2. The van der Waals surface area contributed by atoms with E-state index >= 15 is 0 Å². The number of hydrogen-bond acceptors (Lipinski definition) is 3. The van der Waals surface area contributed by atoms with Gasteiger partial charge in [-0.1, -0.05) is 0 Å². The van der Waals surface area contributed by atoms with Crippen LogP contribution in [0.25, 0.3) is 0 Å². The fourth-order valence-electron chi connectivity index (χ4n) is 2.71. The Hall–Kier alpha value is -2.70. The number of hydrogen-bond donors (Lipinski definition) is 0. The molecule has 1 rings (SSSR count). The van der Waals surface area contributed by atoms with E-state index in [9.17, 15) is 79.4 Å². The Bertz CT molecular complexity index is 1020. The summed E-state index contributed by atoms with van der Waals surface area (Å²) in [4.78, 5) is 10.7. The maximum absolute atomic E-state index is 13.9. The molecule has 3 nitrogen and oxygen atoms in total. The maximum Gasteiger partial charge on any atom is 0.460 e. The number of halogens is 17. The monoisotopic (exact) mass is 612 g/mol. The molecule has 1 aromatic rings. The highest BCUT2D eigenvalue weighted by atomic mass is 19.4. The number of methoxy groups -OCH3 is 1. The molecule has 0 heterocycles. The molecule has 0 aliphatic heterocycles. The normalized spacial score (nSPS) is 14.8. The lowest BCUT2D eigenvalue weighted by molar-refractivity contribution is -0.461. The standard InChI is InChI=1S/C19H13F17O3/c1-38-11-7-9(8-37)3-4-10(11)39-6-2-5-12(20,21)13(22,23)14(24,25)15(26,27)16(28,29)17(30,31)18(32,33)19(34,35)36/h3-4,7-8H,2,5-6H2,1H3. The zero-order valence-electron chi connectivity index (χ0n) is 18.6. The predicted molar refractivity (Wildman–Crippen MR) is 93.8 cm³/mol. The average molecular weight is 612 g/mol. The lowest BCUT2D eigenvalue weighted by Crippen LogP contribution is -2.74. The summed E-state index contributed by atoms with van der Waals surface area (Å²) in [5.41, 5.74) is -0.0103. The van der Waals surface area contributed by atoms with E-state index in [1.54, 1.807) is 0 Å². The van der Waals surface area contributed by atoms with E-state index in [0.29, 0.717) is 6.29 Å². The number of alkyl halides is 17. The second-order valence-corrected chi connectivity index (χ2v) is 7.63. The third kappa shape index (κ3) is 5.38. The number of carbonyl (C=O) groups excluding carboxylic acids is 1. The van der Waals surface area contributed by atoms with Crippen molar-refractivity contribution >= 4 is 6.29 Å². The molecule has 0 aromatic heterocycles. The van der Waals surface area contributed by atoms with Crippen molar-refractivity contribution in [1.82, 2.24) is 0 Å². The Labute approximate surface area is 205 Å². The second kappa shape index (κ2) is 10.4. The largest absolute Gasteiger partial charge is 0.493 e. The average Bonchev–Trinajstić information content (AvgIpc) is 2.80. The molecule has 0 radical (unpaired) electrons. The van der Waals surface area contributed by atoms with E-state index in [-0.39, 0.29) is 17.1 Å². The minimum absolute atomic E-state index is 0.0103. The first kappa shape index (κ1) is 34.3. The molecule has 0 spiro atoms. The van der Waals surface area contributed by atoms with Gasteiger partial charge in [-0.2, -0.15) is 74.6 Å². The van der Waals surface area contributed by atoms with Gasteiger partial charge in [-0.3, -0.25) is 4.79 Å². The van der Waals surface area contributed by atoms with E-state index in [4.69, 9.17) is 9.47 Å². The minimum atomic E-state index is -8.66. The van der Waals surface area contributed by atoms with Crippen LogP contribution in [0.4, 0.5) is 74.6 Å². The Morgan fingerprint density at radius 1 is 0.641 bits per heavy atom. The third-order valence-electron chi connectivity index (χ3n) is 5.00. The summed E-state index contributed by atoms with van der Waals surface area (Å²) in [6.45, 7) is -1.13. The quantitative estimate of drug-likeness (QED) is 0.130. The summed E-state index contributed by atoms with van der Waals surface area (Å²) in [7, 11) is 1.01. The van der Waals surface area contributed by atoms with Crippen LogP contribution in [0.2, 0.25) is 0 Å². The number of aldehydes is 1. The molecule has 0 bridgehead atoms. The van der Waals surface area contributed by atoms with Crippen molar-refractivity contribution < 1.29 is 88.9 Å².